The molecule has 0 unspecified atom stereocenters. The standard InChI is InChI=1S/C17H20N4O2S/c1-17(2)14(12-7-8-23-15(12)17)19-16(22)18-11-5-3-10(4-6-11)13-9-24-21-20-13/h3-6,9,12,14-15H,7-8H2,1-2H3,(H2,18,19,22)/t12-,14-,15-/m1/s1. The molecule has 6 nitrogen and oxygen atoms in total. The molecule has 3 atom stereocenters. The number of rotatable bonds is 3. The number of anilines is 1. The van der Waals surface area contributed by atoms with Gasteiger partial charge in [0.2, 0.25) is 0 Å². The van der Waals surface area contributed by atoms with E-state index in [1.807, 2.05) is 29.6 Å². The zero-order valence-corrected chi connectivity index (χ0v) is 14.5. The summed E-state index contributed by atoms with van der Waals surface area (Å²) in [6.07, 6.45) is 1.30. The van der Waals surface area contributed by atoms with Crippen LogP contribution >= 0.6 is 11.5 Å². The van der Waals surface area contributed by atoms with E-state index >= 15 is 0 Å². The molecule has 1 saturated heterocycles. The van der Waals surface area contributed by atoms with Gasteiger partial charge in [0.15, 0.2) is 0 Å². The fourth-order valence-corrected chi connectivity index (χ4v) is 4.41. The Balaban J connectivity index is 1.38. The lowest BCUT2D eigenvalue weighted by molar-refractivity contribution is -0.107. The van der Waals surface area contributed by atoms with Crippen molar-refractivity contribution in [2.75, 3.05) is 11.9 Å². The first kappa shape index (κ1) is 15.5. The Morgan fingerprint density at radius 2 is 2.12 bits per heavy atom. The third-order valence-corrected chi connectivity index (χ3v) is 5.69. The summed E-state index contributed by atoms with van der Waals surface area (Å²) >= 11 is 1.32. The van der Waals surface area contributed by atoms with Crippen LogP contribution in [0.1, 0.15) is 20.3 Å². The number of fused-ring (bicyclic) bond motifs is 1. The van der Waals surface area contributed by atoms with Gasteiger partial charge in [0.25, 0.3) is 0 Å². The van der Waals surface area contributed by atoms with Crippen molar-refractivity contribution >= 4 is 23.3 Å². The van der Waals surface area contributed by atoms with Crippen molar-refractivity contribution in [3.05, 3.63) is 29.6 Å². The average molecular weight is 344 g/mol. The molecule has 2 aromatic rings. The first-order valence-electron chi connectivity index (χ1n) is 8.12. The summed E-state index contributed by atoms with van der Waals surface area (Å²) in [5.74, 6) is 0.435. The molecule has 1 aromatic carbocycles. The number of nitrogens with zero attached hydrogens (tertiary/aromatic N) is 2. The van der Waals surface area contributed by atoms with Crippen LogP contribution in [0.4, 0.5) is 10.5 Å². The van der Waals surface area contributed by atoms with E-state index in [1.165, 1.54) is 11.5 Å². The Bertz CT molecular complexity index is 730. The Hall–Kier alpha value is -1.99. The second-order valence-corrected chi connectivity index (χ2v) is 7.62. The minimum absolute atomic E-state index is 0.0139. The summed E-state index contributed by atoms with van der Waals surface area (Å²) in [4.78, 5) is 12.3. The molecule has 2 N–H and O–H groups in total. The lowest BCUT2D eigenvalue weighted by Crippen LogP contribution is -2.67. The molecule has 2 amide bonds. The van der Waals surface area contributed by atoms with Gasteiger partial charge in [-0.05, 0) is 30.1 Å². The number of aromatic nitrogens is 2. The summed E-state index contributed by atoms with van der Waals surface area (Å²) in [6.45, 7) is 5.10. The van der Waals surface area contributed by atoms with Crippen molar-refractivity contribution in [1.29, 1.82) is 0 Å². The van der Waals surface area contributed by atoms with Crippen molar-refractivity contribution < 1.29 is 9.53 Å². The molecule has 1 aliphatic carbocycles. The Morgan fingerprint density at radius 3 is 2.83 bits per heavy atom. The maximum atomic E-state index is 12.3. The predicted molar refractivity (Wildman–Crippen MR) is 92.9 cm³/mol. The van der Waals surface area contributed by atoms with E-state index in [0.717, 1.165) is 30.0 Å². The van der Waals surface area contributed by atoms with Gasteiger partial charge in [-0.25, -0.2) is 4.79 Å². The predicted octanol–water partition coefficient (Wildman–Crippen LogP) is 3.14. The number of nitrogens with one attached hydrogen (secondary N) is 2. The van der Waals surface area contributed by atoms with Crippen LogP contribution in [0.5, 0.6) is 0 Å². The molecular formula is C17H20N4O2S. The third-order valence-electron chi connectivity index (χ3n) is 5.19. The van der Waals surface area contributed by atoms with Gasteiger partial charge in [-0.2, -0.15) is 0 Å². The zero-order chi connectivity index (χ0) is 16.7. The van der Waals surface area contributed by atoms with E-state index < -0.39 is 0 Å². The van der Waals surface area contributed by atoms with Gasteiger partial charge in [-0.1, -0.05) is 30.5 Å². The Kier molecular flexibility index (Phi) is 3.77. The maximum Gasteiger partial charge on any atom is 0.319 e. The number of benzene rings is 1. The first-order chi connectivity index (χ1) is 11.6. The molecule has 7 heteroatoms. The Labute approximate surface area is 144 Å². The van der Waals surface area contributed by atoms with Gasteiger partial charge in [-0.3, -0.25) is 0 Å². The van der Waals surface area contributed by atoms with Crippen LogP contribution < -0.4 is 10.6 Å². The van der Waals surface area contributed by atoms with E-state index in [-0.39, 0.29) is 23.6 Å². The van der Waals surface area contributed by atoms with Crippen LogP contribution in [0, 0.1) is 11.3 Å². The molecule has 2 heterocycles. The third kappa shape index (κ3) is 2.57. The van der Waals surface area contributed by atoms with Crippen LogP contribution in [0.2, 0.25) is 0 Å². The molecule has 2 aliphatic rings. The smallest absolute Gasteiger partial charge is 0.319 e. The van der Waals surface area contributed by atoms with Gasteiger partial charge in [0, 0.05) is 40.6 Å². The maximum absolute atomic E-state index is 12.3. The molecule has 4 rings (SSSR count). The molecule has 0 radical (unpaired) electrons. The normalized spacial score (nSPS) is 27.2. The van der Waals surface area contributed by atoms with Gasteiger partial charge in [0.05, 0.1) is 6.10 Å². The van der Waals surface area contributed by atoms with Gasteiger partial charge in [0.1, 0.15) is 5.69 Å². The van der Waals surface area contributed by atoms with Gasteiger partial charge >= 0.3 is 6.03 Å². The molecule has 2 fully saturated rings. The average Bonchev–Trinajstić information content (AvgIpc) is 3.24. The van der Waals surface area contributed by atoms with E-state index in [4.69, 9.17) is 4.74 Å². The van der Waals surface area contributed by atoms with E-state index in [9.17, 15) is 4.79 Å². The second-order valence-electron chi connectivity index (χ2n) is 7.01. The number of hydrogen-bond donors (Lipinski definition) is 2. The topological polar surface area (TPSA) is 76.1 Å². The quantitative estimate of drug-likeness (QED) is 0.897. The van der Waals surface area contributed by atoms with Crippen molar-refractivity contribution in [3.63, 3.8) is 0 Å². The SMILES string of the molecule is CC1(C)[C@H](NC(=O)Nc2ccc(-c3csnn3)cc2)[C@H]2CCO[C@H]21. The van der Waals surface area contributed by atoms with E-state index in [1.54, 1.807) is 0 Å². The van der Waals surface area contributed by atoms with Crippen LogP contribution in [0.25, 0.3) is 11.3 Å². The zero-order valence-electron chi connectivity index (χ0n) is 13.7. The van der Waals surface area contributed by atoms with E-state index in [0.29, 0.717) is 5.92 Å². The fourth-order valence-electron chi connectivity index (χ4n) is 3.94. The first-order valence-corrected chi connectivity index (χ1v) is 8.96. The Morgan fingerprint density at radius 1 is 1.33 bits per heavy atom. The molecule has 0 spiro atoms. The summed E-state index contributed by atoms with van der Waals surface area (Å²) < 4.78 is 9.62. The lowest BCUT2D eigenvalue weighted by Gasteiger charge is -2.54. The minimum Gasteiger partial charge on any atom is -0.377 e. The highest BCUT2D eigenvalue weighted by atomic mass is 32.1. The van der Waals surface area contributed by atoms with Crippen LogP contribution in [-0.4, -0.2) is 34.4 Å². The lowest BCUT2D eigenvalue weighted by atomic mass is 9.57. The van der Waals surface area contributed by atoms with Gasteiger partial charge in [-0.15, -0.1) is 5.10 Å². The molecule has 126 valence electrons. The second kappa shape index (κ2) is 5.82. The molecule has 24 heavy (non-hydrogen) atoms. The minimum atomic E-state index is -0.165. The number of carbonyl (C=O) groups is 1. The highest BCUT2D eigenvalue weighted by molar-refractivity contribution is 7.03. The number of carbonyl (C=O) groups excluding carboxylic acids is 1. The summed E-state index contributed by atoms with van der Waals surface area (Å²) in [5, 5.41) is 12.0. The van der Waals surface area contributed by atoms with Crippen LogP contribution in [0.15, 0.2) is 29.6 Å². The van der Waals surface area contributed by atoms with Crippen LogP contribution in [0.3, 0.4) is 0 Å². The molecule has 1 saturated carbocycles. The number of hydrogen-bond acceptors (Lipinski definition) is 5. The van der Waals surface area contributed by atoms with Crippen LogP contribution in [-0.2, 0) is 4.74 Å². The largest absolute Gasteiger partial charge is 0.377 e. The molecule has 1 aromatic heterocycles. The highest BCUT2D eigenvalue weighted by Crippen LogP contribution is 2.52. The summed E-state index contributed by atoms with van der Waals surface area (Å²) in [6, 6.07) is 7.61. The molecule has 0 bridgehead atoms. The molecule has 1 aliphatic heterocycles. The van der Waals surface area contributed by atoms with Crippen molar-refractivity contribution in [2.45, 2.75) is 32.4 Å². The van der Waals surface area contributed by atoms with Crippen molar-refractivity contribution in [1.82, 2.24) is 14.9 Å². The monoisotopic (exact) mass is 344 g/mol. The van der Waals surface area contributed by atoms with Gasteiger partial charge < -0.3 is 15.4 Å². The van der Waals surface area contributed by atoms with Crippen molar-refractivity contribution in [3.8, 4) is 11.3 Å². The number of urea groups is 1. The summed E-state index contributed by atoms with van der Waals surface area (Å²) in [5.41, 5.74) is 2.58. The summed E-state index contributed by atoms with van der Waals surface area (Å²) in [7, 11) is 0. The number of ether oxygens (including phenoxy) is 1. The van der Waals surface area contributed by atoms with Crippen molar-refractivity contribution in [2.24, 2.45) is 11.3 Å². The molecular weight excluding hydrogens is 324 g/mol. The van der Waals surface area contributed by atoms with E-state index in [2.05, 4.69) is 34.1 Å². The fraction of sp³-hybridized carbons (Fsp3) is 0.471. The number of amides is 2. The highest BCUT2D eigenvalue weighted by Gasteiger charge is 2.59.